The van der Waals surface area contributed by atoms with E-state index >= 15 is 0 Å². The number of fused-ring (bicyclic) bond motifs is 4. The minimum absolute atomic E-state index is 0.0271. The number of alkyl halides is 2. The van der Waals surface area contributed by atoms with E-state index in [1.54, 1.807) is 56.7 Å². The molecule has 2 saturated heterocycles. The zero-order valence-corrected chi connectivity index (χ0v) is 32.9. The van der Waals surface area contributed by atoms with Crippen LogP contribution in [-0.2, 0) is 19.2 Å². The highest BCUT2D eigenvalue weighted by Crippen LogP contribution is 2.66. The quantitative estimate of drug-likeness (QED) is 0.0818. The Morgan fingerprint density at radius 3 is 2.11 bits per heavy atom. The van der Waals surface area contributed by atoms with E-state index in [4.69, 9.17) is 49.0 Å². The zero-order valence-electron chi connectivity index (χ0n) is 30.7. The minimum atomic E-state index is -2.19. The first-order valence-corrected chi connectivity index (χ1v) is 19.1. The zero-order chi connectivity index (χ0) is 40.6. The molecular formula is C43H34Cl3FN2O8. The van der Waals surface area contributed by atoms with Crippen molar-refractivity contribution in [3.63, 3.8) is 0 Å². The molecule has 8 rings (SSSR count). The first-order valence-electron chi connectivity index (χ1n) is 17.9. The number of phenols is 1. The predicted octanol–water partition coefficient (Wildman–Crippen LogP) is 8.15. The van der Waals surface area contributed by atoms with E-state index in [1.165, 1.54) is 31.4 Å². The Morgan fingerprint density at radius 2 is 1.44 bits per heavy atom. The number of amides is 4. The second-order valence-electron chi connectivity index (χ2n) is 14.3. The highest BCUT2D eigenvalue weighted by atomic mass is 35.5. The summed E-state index contributed by atoms with van der Waals surface area (Å²) in [7, 11) is 4.48. The molecule has 4 aliphatic rings. The van der Waals surface area contributed by atoms with Crippen LogP contribution in [0.25, 0.3) is 12.2 Å². The molecule has 14 heteroatoms. The van der Waals surface area contributed by atoms with Crippen LogP contribution in [-0.4, -0.2) is 59.8 Å². The van der Waals surface area contributed by atoms with Crippen LogP contribution >= 0.6 is 34.8 Å². The van der Waals surface area contributed by atoms with Gasteiger partial charge in [-0.15, -0.1) is 23.2 Å². The van der Waals surface area contributed by atoms with Gasteiger partial charge in [-0.3, -0.25) is 24.1 Å². The van der Waals surface area contributed by atoms with Crippen molar-refractivity contribution in [2.45, 2.75) is 28.5 Å². The van der Waals surface area contributed by atoms with E-state index in [9.17, 15) is 28.7 Å². The number of nitrogens with zero attached hydrogens (tertiary/aromatic N) is 2. The predicted molar refractivity (Wildman–Crippen MR) is 214 cm³/mol. The number of rotatable bonds is 8. The number of imide groups is 2. The van der Waals surface area contributed by atoms with Crippen molar-refractivity contribution >= 4 is 82.0 Å². The topological polar surface area (TPSA) is 123 Å². The van der Waals surface area contributed by atoms with Gasteiger partial charge >= 0.3 is 0 Å². The molecule has 2 heterocycles. The number of ether oxygens (including phenoxy) is 3. The van der Waals surface area contributed by atoms with Crippen molar-refractivity contribution in [2.24, 2.45) is 17.8 Å². The van der Waals surface area contributed by atoms with Crippen LogP contribution in [0.5, 0.6) is 23.0 Å². The maximum absolute atomic E-state index is 14.6. The van der Waals surface area contributed by atoms with Gasteiger partial charge in [-0.1, -0.05) is 47.5 Å². The van der Waals surface area contributed by atoms with Crippen LogP contribution in [0.2, 0.25) is 5.02 Å². The molecule has 10 nitrogen and oxygen atoms in total. The molecule has 1 saturated carbocycles. The Balaban J connectivity index is 1.17. The van der Waals surface area contributed by atoms with Crippen LogP contribution in [0.15, 0.2) is 90.5 Å². The number of methoxy groups -OCH3 is 3. The van der Waals surface area contributed by atoms with E-state index in [0.29, 0.717) is 22.8 Å². The summed E-state index contributed by atoms with van der Waals surface area (Å²) in [5, 5.41) is 10.5. The first-order chi connectivity index (χ1) is 27.3. The minimum Gasteiger partial charge on any atom is -0.503 e. The molecule has 0 spiro atoms. The smallest absolute Gasteiger partial charge is 0.258 e. The van der Waals surface area contributed by atoms with Crippen LogP contribution in [0.1, 0.15) is 35.4 Å². The molecule has 4 aromatic rings. The molecule has 3 fully saturated rings. The van der Waals surface area contributed by atoms with E-state index < -0.39 is 62.9 Å². The maximum atomic E-state index is 14.6. The van der Waals surface area contributed by atoms with Gasteiger partial charge in [0.2, 0.25) is 11.8 Å². The average Bonchev–Trinajstić information content (AvgIpc) is 3.55. The molecular weight excluding hydrogens is 798 g/mol. The number of aromatic hydroxyl groups is 1. The third-order valence-corrected chi connectivity index (χ3v) is 13.2. The van der Waals surface area contributed by atoms with Crippen LogP contribution in [0.3, 0.4) is 0 Å². The number of hydrogen-bond donors (Lipinski definition) is 1. The van der Waals surface area contributed by atoms with Crippen molar-refractivity contribution in [2.75, 3.05) is 31.1 Å². The maximum Gasteiger partial charge on any atom is 0.258 e. The van der Waals surface area contributed by atoms with Gasteiger partial charge in [-0.25, -0.2) is 9.29 Å². The Hall–Kier alpha value is -5.36. The molecule has 0 bridgehead atoms. The lowest BCUT2D eigenvalue weighted by molar-refractivity contribution is -0.125. The lowest BCUT2D eigenvalue weighted by atomic mass is 9.56. The molecule has 4 aromatic carbocycles. The van der Waals surface area contributed by atoms with Crippen molar-refractivity contribution in [1.82, 2.24) is 0 Å². The largest absolute Gasteiger partial charge is 0.503 e. The lowest BCUT2D eigenvalue weighted by Crippen LogP contribution is -2.60. The van der Waals surface area contributed by atoms with E-state index in [2.05, 4.69) is 0 Å². The summed E-state index contributed by atoms with van der Waals surface area (Å²) in [6.45, 7) is 0. The van der Waals surface area contributed by atoms with Crippen molar-refractivity contribution < 1.29 is 42.9 Å². The second kappa shape index (κ2) is 14.2. The van der Waals surface area contributed by atoms with Gasteiger partial charge in [0.15, 0.2) is 21.2 Å². The fourth-order valence-electron chi connectivity index (χ4n) is 8.83. The number of hydrogen-bond acceptors (Lipinski definition) is 8. The van der Waals surface area contributed by atoms with E-state index in [0.717, 1.165) is 33.1 Å². The molecule has 6 unspecified atom stereocenters. The van der Waals surface area contributed by atoms with E-state index in [1.807, 2.05) is 18.2 Å². The Kier molecular flexibility index (Phi) is 9.61. The molecule has 292 valence electrons. The number of carbonyl (C=O) groups is 4. The summed E-state index contributed by atoms with van der Waals surface area (Å²) in [5.74, 6) is -6.05. The first kappa shape index (κ1) is 38.5. The van der Waals surface area contributed by atoms with Crippen molar-refractivity contribution in [1.29, 1.82) is 0 Å². The van der Waals surface area contributed by atoms with Gasteiger partial charge in [0.1, 0.15) is 17.3 Å². The SMILES string of the molecule is COc1ccc(OC)c(C=Cc2ccc(N3C(=O)C4CC=C5C(CC6(Cl)C(=O)N(c7ccc(F)cc7)C(=O)C6(Cl)C5c5cc(Cl)c(O)c(OC)c5)C4C3=O)cc2)c1. The highest BCUT2D eigenvalue weighted by molar-refractivity contribution is 6.58. The summed E-state index contributed by atoms with van der Waals surface area (Å²) in [4.78, 5) is 55.6. The number of halogens is 4. The fourth-order valence-corrected chi connectivity index (χ4v) is 9.99. The van der Waals surface area contributed by atoms with Gasteiger partial charge in [0.25, 0.3) is 11.8 Å². The normalized spacial score (nSPS) is 26.7. The Morgan fingerprint density at radius 1 is 0.772 bits per heavy atom. The molecule has 4 amide bonds. The molecule has 0 radical (unpaired) electrons. The van der Waals surface area contributed by atoms with Crippen molar-refractivity contribution in [3.8, 4) is 23.0 Å². The number of phenolic OH excluding ortho intramolecular Hbond substituents is 1. The summed E-state index contributed by atoms with van der Waals surface area (Å²) in [6.07, 6.45) is 5.39. The third-order valence-electron chi connectivity index (χ3n) is 11.5. The van der Waals surface area contributed by atoms with E-state index in [-0.39, 0.29) is 40.6 Å². The molecule has 2 aliphatic carbocycles. The Labute approximate surface area is 342 Å². The van der Waals surface area contributed by atoms with Crippen LogP contribution < -0.4 is 24.0 Å². The van der Waals surface area contributed by atoms with Gasteiger partial charge in [-0.2, -0.15) is 0 Å². The summed E-state index contributed by atoms with van der Waals surface area (Å²) >= 11 is 21.4. The van der Waals surface area contributed by atoms with Gasteiger partial charge in [0.05, 0.1) is 49.6 Å². The molecule has 1 N–H and O–H groups in total. The molecule has 2 aliphatic heterocycles. The lowest BCUT2D eigenvalue weighted by Gasteiger charge is -2.50. The number of benzene rings is 4. The number of anilines is 2. The number of allylic oxidation sites excluding steroid dienone is 2. The summed E-state index contributed by atoms with van der Waals surface area (Å²) in [5.41, 5.74) is 2.80. The fraction of sp³-hybridized carbons (Fsp3) is 0.256. The molecule has 6 atom stereocenters. The van der Waals surface area contributed by atoms with Gasteiger partial charge in [-0.05, 0) is 96.6 Å². The number of carbonyl (C=O) groups excluding carboxylic acids is 4. The summed E-state index contributed by atoms with van der Waals surface area (Å²) in [6, 6.07) is 20.0. The van der Waals surface area contributed by atoms with Gasteiger partial charge < -0.3 is 19.3 Å². The monoisotopic (exact) mass is 830 g/mol. The Bertz CT molecular complexity index is 2420. The van der Waals surface area contributed by atoms with Crippen LogP contribution in [0.4, 0.5) is 15.8 Å². The van der Waals surface area contributed by atoms with Crippen LogP contribution in [0, 0.1) is 23.6 Å². The standard InChI is InChI=1S/C43H34Cl3FN2O8/c1-55-28-14-17-33(56-2)23(18-28)7-4-22-5-10-26(11-6-22)48-38(51)30-16-15-29-31(35(30)39(48)52)21-42(45)40(53)49(27-12-8-25(47)9-13-27)41(54)43(42,46)36(29)24-19-32(44)37(50)34(20-24)57-3/h4-15,17-20,30-31,35-36,50H,16,21H2,1-3H3. The van der Waals surface area contributed by atoms with Gasteiger partial charge in [0, 0.05) is 11.5 Å². The van der Waals surface area contributed by atoms with Crippen molar-refractivity contribution in [3.05, 3.63) is 118 Å². The molecule has 0 aromatic heterocycles. The summed E-state index contributed by atoms with van der Waals surface area (Å²) < 4.78 is 30.2. The highest BCUT2D eigenvalue weighted by Gasteiger charge is 2.76. The average molecular weight is 832 g/mol. The third kappa shape index (κ3) is 5.81. The molecule has 57 heavy (non-hydrogen) atoms. The second-order valence-corrected chi connectivity index (χ2v) is 16.0.